The normalized spacial score (nSPS) is 14.9. The third-order valence-corrected chi connectivity index (χ3v) is 1.72. The van der Waals surface area contributed by atoms with E-state index in [-0.39, 0.29) is 6.10 Å². The maximum atomic E-state index is 5.21. The van der Waals surface area contributed by atoms with Crippen molar-refractivity contribution in [1.29, 1.82) is 0 Å². The summed E-state index contributed by atoms with van der Waals surface area (Å²) < 4.78 is 5.21. The Labute approximate surface area is 71.6 Å². The molecule has 2 heteroatoms. The highest BCUT2D eigenvalue weighted by atomic mass is 79.9. The van der Waals surface area contributed by atoms with E-state index < -0.39 is 0 Å². The molecule has 0 radical (unpaired) electrons. The highest BCUT2D eigenvalue weighted by molar-refractivity contribution is 9.09. The summed E-state index contributed by atoms with van der Waals surface area (Å²) in [5.74, 6) is 0.556. The lowest BCUT2D eigenvalue weighted by molar-refractivity contribution is 0.103. The van der Waals surface area contributed by atoms with Crippen LogP contribution in [0.1, 0.15) is 13.8 Å². The minimum Gasteiger partial charge on any atom is -0.377 e. The largest absolute Gasteiger partial charge is 0.377 e. The van der Waals surface area contributed by atoms with E-state index in [4.69, 9.17) is 4.74 Å². The van der Waals surface area contributed by atoms with Gasteiger partial charge in [-0.1, -0.05) is 41.9 Å². The summed E-state index contributed by atoms with van der Waals surface area (Å²) in [6.07, 6.45) is 4.41. The molecular formula is C8H15BrO. The first-order valence-electron chi connectivity index (χ1n) is 3.47. The molecule has 0 aromatic carbocycles. The second kappa shape index (κ2) is 5.93. The van der Waals surface area contributed by atoms with E-state index in [0.717, 1.165) is 5.33 Å². The fourth-order valence-electron chi connectivity index (χ4n) is 0.759. The van der Waals surface area contributed by atoms with Crippen molar-refractivity contribution in [3.63, 3.8) is 0 Å². The highest BCUT2D eigenvalue weighted by Crippen LogP contribution is 2.06. The van der Waals surface area contributed by atoms with E-state index in [1.807, 2.05) is 0 Å². The van der Waals surface area contributed by atoms with E-state index in [1.54, 1.807) is 7.11 Å². The molecule has 0 aliphatic rings. The summed E-state index contributed by atoms with van der Waals surface area (Å²) in [7, 11) is 1.74. The lowest BCUT2D eigenvalue weighted by Crippen LogP contribution is -2.14. The number of halogens is 1. The summed E-state index contributed by atoms with van der Waals surface area (Å²) in [5, 5.41) is 0.902. The van der Waals surface area contributed by atoms with Crippen molar-refractivity contribution in [3.8, 4) is 0 Å². The number of hydrogen-bond donors (Lipinski definition) is 0. The van der Waals surface area contributed by atoms with Gasteiger partial charge in [-0.15, -0.1) is 0 Å². The first-order valence-corrected chi connectivity index (χ1v) is 4.60. The zero-order chi connectivity index (χ0) is 7.98. The third kappa shape index (κ3) is 4.07. The van der Waals surface area contributed by atoms with Gasteiger partial charge < -0.3 is 4.74 Å². The van der Waals surface area contributed by atoms with Crippen LogP contribution in [-0.2, 0) is 4.74 Å². The van der Waals surface area contributed by atoms with Crippen LogP contribution in [0.4, 0.5) is 0 Å². The van der Waals surface area contributed by atoms with Gasteiger partial charge in [-0.25, -0.2) is 0 Å². The van der Waals surface area contributed by atoms with Gasteiger partial charge >= 0.3 is 0 Å². The summed E-state index contributed by atoms with van der Waals surface area (Å²) in [6.45, 7) is 4.29. The van der Waals surface area contributed by atoms with E-state index in [0.29, 0.717) is 5.92 Å². The van der Waals surface area contributed by atoms with Crippen molar-refractivity contribution in [3.05, 3.63) is 12.2 Å². The standard InChI is InChI=1S/C8H15BrO/c1-7(2)8(10-3)5-4-6-9/h4-5,7-8H,6H2,1-3H3/b5-4+. The van der Waals surface area contributed by atoms with Crippen LogP contribution < -0.4 is 0 Å². The molecule has 60 valence electrons. The minimum absolute atomic E-state index is 0.262. The predicted octanol–water partition coefficient (Wildman–Crippen LogP) is 2.61. The van der Waals surface area contributed by atoms with Crippen molar-refractivity contribution in [2.75, 3.05) is 12.4 Å². The zero-order valence-electron chi connectivity index (χ0n) is 6.80. The van der Waals surface area contributed by atoms with Gasteiger partial charge in [-0.3, -0.25) is 0 Å². The SMILES string of the molecule is COC(/C=C/CBr)C(C)C. The van der Waals surface area contributed by atoms with Crippen LogP contribution in [0.2, 0.25) is 0 Å². The molecular weight excluding hydrogens is 192 g/mol. The number of alkyl halides is 1. The predicted molar refractivity (Wildman–Crippen MR) is 48.6 cm³/mol. The van der Waals surface area contributed by atoms with Crippen LogP contribution >= 0.6 is 15.9 Å². The van der Waals surface area contributed by atoms with Crippen LogP contribution in [0.3, 0.4) is 0 Å². The summed E-state index contributed by atoms with van der Waals surface area (Å²) >= 11 is 3.31. The van der Waals surface area contributed by atoms with Crippen molar-refractivity contribution in [2.24, 2.45) is 5.92 Å². The first-order chi connectivity index (χ1) is 4.72. The molecule has 0 aromatic rings. The van der Waals surface area contributed by atoms with Crippen LogP contribution in [0.15, 0.2) is 12.2 Å². The smallest absolute Gasteiger partial charge is 0.0775 e. The second-order valence-corrected chi connectivity index (χ2v) is 3.17. The Morgan fingerprint density at radius 3 is 2.40 bits per heavy atom. The minimum atomic E-state index is 0.262. The Kier molecular flexibility index (Phi) is 6.03. The summed E-state index contributed by atoms with van der Waals surface area (Å²) in [4.78, 5) is 0. The van der Waals surface area contributed by atoms with E-state index in [2.05, 4.69) is 41.9 Å². The molecule has 0 amide bonds. The molecule has 1 nitrogen and oxygen atoms in total. The Hall–Kier alpha value is 0.180. The van der Waals surface area contributed by atoms with E-state index in [1.165, 1.54) is 0 Å². The maximum absolute atomic E-state index is 5.21. The van der Waals surface area contributed by atoms with Crippen LogP contribution in [0.5, 0.6) is 0 Å². The summed E-state index contributed by atoms with van der Waals surface area (Å²) in [6, 6.07) is 0. The molecule has 0 saturated heterocycles. The van der Waals surface area contributed by atoms with Gasteiger partial charge in [-0.2, -0.15) is 0 Å². The third-order valence-electron chi connectivity index (χ3n) is 1.34. The van der Waals surface area contributed by atoms with Crippen molar-refractivity contribution >= 4 is 15.9 Å². The Balaban J connectivity index is 3.71. The van der Waals surface area contributed by atoms with Gasteiger partial charge in [0.2, 0.25) is 0 Å². The van der Waals surface area contributed by atoms with Gasteiger partial charge in [0.15, 0.2) is 0 Å². The average molecular weight is 207 g/mol. The molecule has 0 saturated carbocycles. The number of hydrogen-bond acceptors (Lipinski definition) is 1. The van der Waals surface area contributed by atoms with Crippen molar-refractivity contribution in [1.82, 2.24) is 0 Å². The monoisotopic (exact) mass is 206 g/mol. The zero-order valence-corrected chi connectivity index (χ0v) is 8.39. The van der Waals surface area contributed by atoms with E-state index >= 15 is 0 Å². The van der Waals surface area contributed by atoms with Crippen LogP contribution in [0.25, 0.3) is 0 Å². The molecule has 0 N–H and O–H groups in total. The molecule has 0 aliphatic heterocycles. The molecule has 1 atom stereocenters. The molecule has 1 unspecified atom stereocenters. The Bertz CT molecular complexity index is 99.4. The summed E-state index contributed by atoms with van der Waals surface area (Å²) in [5.41, 5.74) is 0. The highest BCUT2D eigenvalue weighted by Gasteiger charge is 2.06. The fraction of sp³-hybridized carbons (Fsp3) is 0.750. The number of methoxy groups -OCH3 is 1. The molecule has 0 aromatic heterocycles. The van der Waals surface area contributed by atoms with Gasteiger partial charge in [0, 0.05) is 12.4 Å². The molecule has 0 spiro atoms. The molecule has 0 fully saturated rings. The van der Waals surface area contributed by atoms with Crippen LogP contribution in [0, 0.1) is 5.92 Å². The number of rotatable bonds is 4. The van der Waals surface area contributed by atoms with Crippen molar-refractivity contribution in [2.45, 2.75) is 20.0 Å². The molecule has 10 heavy (non-hydrogen) atoms. The van der Waals surface area contributed by atoms with Crippen molar-refractivity contribution < 1.29 is 4.74 Å². The molecule has 0 aliphatic carbocycles. The maximum Gasteiger partial charge on any atom is 0.0775 e. The fourth-order valence-corrected chi connectivity index (χ4v) is 0.974. The topological polar surface area (TPSA) is 9.23 Å². The average Bonchev–Trinajstić information content (AvgIpc) is 1.89. The number of ether oxygens (including phenoxy) is 1. The Morgan fingerprint density at radius 1 is 1.50 bits per heavy atom. The first kappa shape index (κ1) is 10.2. The lowest BCUT2D eigenvalue weighted by Gasteiger charge is -2.13. The van der Waals surface area contributed by atoms with Gasteiger partial charge in [0.25, 0.3) is 0 Å². The second-order valence-electron chi connectivity index (χ2n) is 2.53. The number of allylic oxidation sites excluding steroid dienone is 1. The lowest BCUT2D eigenvalue weighted by atomic mass is 10.1. The molecule has 0 heterocycles. The van der Waals surface area contributed by atoms with Gasteiger partial charge in [0.1, 0.15) is 0 Å². The van der Waals surface area contributed by atoms with Crippen LogP contribution in [-0.4, -0.2) is 18.5 Å². The van der Waals surface area contributed by atoms with E-state index in [9.17, 15) is 0 Å². The quantitative estimate of drug-likeness (QED) is 0.508. The van der Waals surface area contributed by atoms with Gasteiger partial charge in [0.05, 0.1) is 6.10 Å². The van der Waals surface area contributed by atoms with Gasteiger partial charge in [-0.05, 0) is 5.92 Å². The molecule has 0 rings (SSSR count). The molecule has 0 bridgehead atoms. The Morgan fingerprint density at radius 2 is 2.10 bits per heavy atom.